The summed E-state index contributed by atoms with van der Waals surface area (Å²) in [7, 11) is 0. The van der Waals surface area contributed by atoms with Gasteiger partial charge in [0.25, 0.3) is 0 Å². The summed E-state index contributed by atoms with van der Waals surface area (Å²) in [6, 6.07) is 4.10. The van der Waals surface area contributed by atoms with Gasteiger partial charge in [0.2, 0.25) is 0 Å². The second kappa shape index (κ2) is 3.59. The summed E-state index contributed by atoms with van der Waals surface area (Å²) in [4.78, 5) is 5.23. The average molecular weight is 178 g/mol. The molecule has 0 radical (unpaired) electrons. The van der Waals surface area contributed by atoms with Crippen molar-refractivity contribution >= 4 is 11.8 Å². The molecule has 0 fully saturated rings. The minimum atomic E-state index is 0.702. The molecule has 12 heavy (non-hydrogen) atoms. The quantitative estimate of drug-likeness (QED) is 0.619. The maximum absolute atomic E-state index is 8.82. The number of rotatable bonds is 1. The highest BCUT2D eigenvalue weighted by atomic mass is 32.2. The highest BCUT2D eigenvalue weighted by molar-refractivity contribution is 7.98. The van der Waals surface area contributed by atoms with E-state index in [-0.39, 0.29) is 0 Å². The first-order valence-corrected chi connectivity index (χ1v) is 4.84. The molecule has 1 aromatic heterocycles. The Labute approximate surface area is 76.6 Å². The second-order valence-corrected chi connectivity index (χ2v) is 3.39. The Morgan fingerprint density at radius 3 is 2.67 bits per heavy atom. The van der Waals surface area contributed by atoms with E-state index in [0.29, 0.717) is 5.56 Å². The lowest BCUT2D eigenvalue weighted by Gasteiger charge is -2.03. The van der Waals surface area contributed by atoms with Gasteiger partial charge in [0.05, 0.1) is 11.3 Å². The first kappa shape index (κ1) is 9.08. The topological polar surface area (TPSA) is 36.7 Å². The Morgan fingerprint density at radius 1 is 1.50 bits per heavy atom. The average Bonchev–Trinajstić information content (AvgIpc) is 2.03. The van der Waals surface area contributed by atoms with Gasteiger partial charge < -0.3 is 0 Å². The normalized spacial score (nSPS) is 9.50. The van der Waals surface area contributed by atoms with Crippen molar-refractivity contribution < 1.29 is 0 Å². The van der Waals surface area contributed by atoms with Crippen molar-refractivity contribution in [3.05, 3.63) is 23.0 Å². The zero-order valence-corrected chi connectivity index (χ0v) is 8.20. The Bertz CT molecular complexity index is 339. The number of pyridine rings is 1. The second-order valence-electron chi connectivity index (χ2n) is 2.54. The summed E-state index contributed by atoms with van der Waals surface area (Å²) in [5.41, 5.74) is 2.49. The molecule has 1 aromatic rings. The molecule has 0 amide bonds. The lowest BCUT2D eigenvalue weighted by molar-refractivity contribution is 1.07. The lowest BCUT2D eigenvalue weighted by atomic mass is 10.2. The zero-order chi connectivity index (χ0) is 9.14. The molecule has 3 heteroatoms. The van der Waals surface area contributed by atoms with Gasteiger partial charge in [0.15, 0.2) is 0 Å². The van der Waals surface area contributed by atoms with Gasteiger partial charge in [-0.3, -0.25) is 4.98 Å². The third-order valence-corrected chi connectivity index (χ3v) is 2.39. The number of hydrogen-bond acceptors (Lipinski definition) is 3. The first-order valence-electron chi connectivity index (χ1n) is 3.61. The van der Waals surface area contributed by atoms with Crippen LogP contribution in [0.2, 0.25) is 0 Å². The van der Waals surface area contributed by atoms with E-state index < -0.39 is 0 Å². The summed E-state index contributed by atoms with van der Waals surface area (Å²) < 4.78 is 0. The standard InChI is InChI=1S/C9H10N2S/c1-6-4-9(12-3)8(5-10)7(2)11-6/h4H,1-3H3. The highest BCUT2D eigenvalue weighted by Gasteiger charge is 2.05. The lowest BCUT2D eigenvalue weighted by Crippen LogP contribution is -1.93. The van der Waals surface area contributed by atoms with E-state index in [1.165, 1.54) is 0 Å². The fraction of sp³-hybridized carbons (Fsp3) is 0.333. The Kier molecular flexibility index (Phi) is 2.72. The van der Waals surface area contributed by atoms with Gasteiger partial charge in [-0.2, -0.15) is 5.26 Å². The Hall–Kier alpha value is -1.01. The number of hydrogen-bond donors (Lipinski definition) is 0. The van der Waals surface area contributed by atoms with Crippen molar-refractivity contribution in [2.24, 2.45) is 0 Å². The summed E-state index contributed by atoms with van der Waals surface area (Å²) in [5.74, 6) is 0. The number of aryl methyl sites for hydroxylation is 2. The molecule has 1 heterocycles. The van der Waals surface area contributed by atoms with Crippen molar-refractivity contribution in [2.75, 3.05) is 6.26 Å². The van der Waals surface area contributed by atoms with Crippen LogP contribution in [0.3, 0.4) is 0 Å². The van der Waals surface area contributed by atoms with Gasteiger partial charge in [0, 0.05) is 10.6 Å². The predicted molar refractivity (Wildman–Crippen MR) is 50.2 cm³/mol. The molecule has 2 nitrogen and oxygen atoms in total. The molecular formula is C9H10N2S. The highest BCUT2D eigenvalue weighted by Crippen LogP contribution is 2.22. The number of nitriles is 1. The Balaban J connectivity index is 3.36. The monoisotopic (exact) mass is 178 g/mol. The van der Waals surface area contributed by atoms with Crippen LogP contribution in [0.4, 0.5) is 0 Å². The SMILES string of the molecule is CSc1cc(C)nc(C)c1C#N. The predicted octanol–water partition coefficient (Wildman–Crippen LogP) is 2.29. The van der Waals surface area contributed by atoms with E-state index in [1.54, 1.807) is 11.8 Å². The third kappa shape index (κ3) is 1.59. The van der Waals surface area contributed by atoms with Crippen LogP contribution in [0.5, 0.6) is 0 Å². The third-order valence-electron chi connectivity index (χ3n) is 1.62. The summed E-state index contributed by atoms with van der Waals surface area (Å²) in [6.07, 6.45) is 1.97. The molecule has 0 aliphatic heterocycles. The minimum Gasteiger partial charge on any atom is -0.257 e. The fourth-order valence-electron chi connectivity index (χ4n) is 1.09. The van der Waals surface area contributed by atoms with Gasteiger partial charge in [-0.15, -0.1) is 11.8 Å². The van der Waals surface area contributed by atoms with Gasteiger partial charge in [-0.1, -0.05) is 0 Å². The molecule has 0 unspecified atom stereocenters. The van der Waals surface area contributed by atoms with Crippen molar-refractivity contribution in [3.8, 4) is 6.07 Å². The molecule has 0 aliphatic rings. The molecule has 0 saturated heterocycles. The van der Waals surface area contributed by atoms with Gasteiger partial charge in [-0.25, -0.2) is 0 Å². The van der Waals surface area contributed by atoms with Gasteiger partial charge >= 0.3 is 0 Å². The van der Waals surface area contributed by atoms with Crippen LogP contribution in [0.15, 0.2) is 11.0 Å². The molecule has 0 bridgehead atoms. The number of nitrogens with zero attached hydrogens (tertiary/aromatic N) is 2. The van der Waals surface area contributed by atoms with Crippen molar-refractivity contribution in [1.29, 1.82) is 5.26 Å². The largest absolute Gasteiger partial charge is 0.257 e. The van der Waals surface area contributed by atoms with E-state index in [9.17, 15) is 0 Å². The molecule has 0 atom stereocenters. The van der Waals surface area contributed by atoms with Crippen LogP contribution < -0.4 is 0 Å². The van der Waals surface area contributed by atoms with E-state index >= 15 is 0 Å². The van der Waals surface area contributed by atoms with E-state index in [2.05, 4.69) is 11.1 Å². The smallest absolute Gasteiger partial charge is 0.102 e. The van der Waals surface area contributed by atoms with E-state index in [1.807, 2.05) is 26.2 Å². The van der Waals surface area contributed by atoms with Crippen molar-refractivity contribution in [3.63, 3.8) is 0 Å². The van der Waals surface area contributed by atoms with Crippen LogP contribution in [0.25, 0.3) is 0 Å². The molecule has 1 rings (SSSR count). The summed E-state index contributed by atoms with van der Waals surface area (Å²) in [5, 5.41) is 8.82. The van der Waals surface area contributed by atoms with Crippen LogP contribution in [0, 0.1) is 25.2 Å². The maximum Gasteiger partial charge on any atom is 0.102 e. The molecule has 0 aliphatic carbocycles. The van der Waals surface area contributed by atoms with Crippen molar-refractivity contribution in [1.82, 2.24) is 4.98 Å². The number of aromatic nitrogens is 1. The molecule has 0 saturated carbocycles. The van der Waals surface area contributed by atoms with E-state index in [0.717, 1.165) is 16.3 Å². The molecule has 0 N–H and O–H groups in total. The first-order chi connectivity index (χ1) is 5.69. The van der Waals surface area contributed by atoms with Crippen LogP contribution in [0.1, 0.15) is 17.0 Å². The summed E-state index contributed by atoms with van der Waals surface area (Å²) >= 11 is 1.59. The van der Waals surface area contributed by atoms with Crippen LogP contribution in [-0.4, -0.2) is 11.2 Å². The Morgan fingerprint density at radius 2 is 2.17 bits per heavy atom. The molecule has 0 spiro atoms. The van der Waals surface area contributed by atoms with Gasteiger partial charge in [0.1, 0.15) is 6.07 Å². The van der Waals surface area contributed by atoms with Gasteiger partial charge in [-0.05, 0) is 26.2 Å². The van der Waals surface area contributed by atoms with Crippen LogP contribution >= 0.6 is 11.8 Å². The van der Waals surface area contributed by atoms with E-state index in [4.69, 9.17) is 5.26 Å². The van der Waals surface area contributed by atoms with Crippen LogP contribution in [-0.2, 0) is 0 Å². The molecule has 0 aromatic carbocycles. The molecular weight excluding hydrogens is 168 g/mol. The minimum absolute atomic E-state index is 0.702. The van der Waals surface area contributed by atoms with Crippen molar-refractivity contribution in [2.45, 2.75) is 18.7 Å². The number of thioether (sulfide) groups is 1. The summed E-state index contributed by atoms with van der Waals surface area (Å²) in [6.45, 7) is 3.80. The molecule has 62 valence electrons. The fourth-order valence-corrected chi connectivity index (χ4v) is 1.78. The zero-order valence-electron chi connectivity index (χ0n) is 7.38. The maximum atomic E-state index is 8.82.